The van der Waals surface area contributed by atoms with Crippen LogP contribution in [0.15, 0.2) is 36.4 Å². The predicted octanol–water partition coefficient (Wildman–Crippen LogP) is 4.18. The molecule has 0 aliphatic rings. The van der Waals surface area contributed by atoms with E-state index in [2.05, 4.69) is 5.32 Å². The van der Waals surface area contributed by atoms with Gasteiger partial charge in [0.25, 0.3) is 0 Å². The van der Waals surface area contributed by atoms with Crippen molar-refractivity contribution < 1.29 is 22.3 Å². The maximum absolute atomic E-state index is 13.7. The number of benzene rings is 2. The van der Waals surface area contributed by atoms with Crippen LogP contribution in [0.25, 0.3) is 0 Å². The topological polar surface area (TPSA) is 47.3 Å². The van der Waals surface area contributed by atoms with Gasteiger partial charge < -0.3 is 15.8 Å². The van der Waals surface area contributed by atoms with Crippen LogP contribution in [0, 0.1) is 5.82 Å². The second kappa shape index (κ2) is 5.51. The van der Waals surface area contributed by atoms with E-state index < -0.39 is 17.6 Å². The Morgan fingerprint density at radius 1 is 1.05 bits per heavy atom. The Morgan fingerprint density at radius 3 is 2.33 bits per heavy atom. The normalized spacial score (nSPS) is 11.3. The second-order valence-corrected chi connectivity index (χ2v) is 4.27. The lowest BCUT2D eigenvalue weighted by atomic mass is 10.1. The van der Waals surface area contributed by atoms with Crippen LogP contribution in [0.2, 0.25) is 0 Å². The van der Waals surface area contributed by atoms with E-state index in [9.17, 15) is 17.6 Å². The Kier molecular flexibility index (Phi) is 3.93. The van der Waals surface area contributed by atoms with Gasteiger partial charge in [0, 0.05) is 6.07 Å². The molecule has 2 aromatic rings. The number of hydrogen-bond acceptors (Lipinski definition) is 3. The van der Waals surface area contributed by atoms with E-state index in [4.69, 9.17) is 10.5 Å². The number of nitrogen functional groups attached to an aromatic ring is 1. The summed E-state index contributed by atoms with van der Waals surface area (Å²) in [5.74, 6) is -0.167. The van der Waals surface area contributed by atoms with Gasteiger partial charge >= 0.3 is 6.18 Å². The smallest absolute Gasteiger partial charge is 0.416 e. The number of nitrogens with one attached hydrogen (secondary N) is 1. The molecular weight excluding hydrogens is 288 g/mol. The van der Waals surface area contributed by atoms with Gasteiger partial charge in [-0.3, -0.25) is 0 Å². The molecule has 0 unspecified atom stereocenters. The van der Waals surface area contributed by atoms with Crippen LogP contribution in [0.4, 0.5) is 34.6 Å². The van der Waals surface area contributed by atoms with Crippen LogP contribution in [0.3, 0.4) is 0 Å². The lowest BCUT2D eigenvalue weighted by Crippen LogP contribution is -2.07. The van der Waals surface area contributed by atoms with Gasteiger partial charge in [0.15, 0.2) is 0 Å². The van der Waals surface area contributed by atoms with Gasteiger partial charge in [-0.25, -0.2) is 4.39 Å². The molecule has 0 aliphatic heterocycles. The summed E-state index contributed by atoms with van der Waals surface area (Å²) in [6.07, 6.45) is -4.48. The molecule has 0 bridgehead atoms. The fourth-order valence-corrected chi connectivity index (χ4v) is 1.73. The first-order valence-corrected chi connectivity index (χ1v) is 5.88. The first-order valence-electron chi connectivity index (χ1n) is 5.88. The average molecular weight is 300 g/mol. The molecule has 7 heteroatoms. The summed E-state index contributed by atoms with van der Waals surface area (Å²) >= 11 is 0. The molecule has 112 valence electrons. The number of methoxy groups -OCH3 is 1. The van der Waals surface area contributed by atoms with Crippen molar-refractivity contribution in [1.29, 1.82) is 0 Å². The molecule has 2 aromatic carbocycles. The van der Waals surface area contributed by atoms with Crippen LogP contribution in [-0.4, -0.2) is 7.11 Å². The van der Waals surface area contributed by atoms with Crippen LogP contribution in [-0.2, 0) is 6.18 Å². The largest absolute Gasteiger partial charge is 0.497 e. The molecule has 0 radical (unpaired) electrons. The molecule has 0 amide bonds. The molecule has 0 aromatic heterocycles. The van der Waals surface area contributed by atoms with E-state index in [0.29, 0.717) is 5.75 Å². The predicted molar refractivity (Wildman–Crippen MR) is 72.1 cm³/mol. The minimum Gasteiger partial charge on any atom is -0.497 e. The van der Waals surface area contributed by atoms with Crippen LogP contribution in [0.5, 0.6) is 5.75 Å². The molecule has 0 saturated carbocycles. The monoisotopic (exact) mass is 300 g/mol. The highest BCUT2D eigenvalue weighted by Gasteiger charge is 2.30. The summed E-state index contributed by atoms with van der Waals surface area (Å²) in [6, 6.07) is 6.80. The molecule has 0 fully saturated rings. The number of ether oxygens (including phenoxy) is 1. The highest BCUT2D eigenvalue weighted by atomic mass is 19.4. The van der Waals surface area contributed by atoms with Crippen molar-refractivity contribution in [2.45, 2.75) is 6.18 Å². The van der Waals surface area contributed by atoms with E-state index in [1.54, 1.807) is 0 Å². The van der Waals surface area contributed by atoms with E-state index in [1.807, 2.05) is 0 Å². The van der Waals surface area contributed by atoms with E-state index in [0.717, 1.165) is 18.2 Å². The van der Waals surface area contributed by atoms with Gasteiger partial charge in [0.1, 0.15) is 11.6 Å². The highest BCUT2D eigenvalue weighted by Crippen LogP contribution is 2.34. The van der Waals surface area contributed by atoms with Crippen LogP contribution < -0.4 is 15.8 Å². The molecular formula is C14H12F4N2O. The Hall–Kier alpha value is -2.44. The average Bonchev–Trinajstić information content (AvgIpc) is 2.42. The third-order valence-corrected chi connectivity index (χ3v) is 2.82. The summed E-state index contributed by atoms with van der Waals surface area (Å²) in [6.45, 7) is 0. The quantitative estimate of drug-likeness (QED) is 0.660. The summed E-state index contributed by atoms with van der Waals surface area (Å²) in [5, 5.41) is 2.65. The Balaban J connectivity index is 2.32. The second-order valence-electron chi connectivity index (χ2n) is 4.27. The highest BCUT2D eigenvalue weighted by molar-refractivity contribution is 5.74. The molecule has 0 heterocycles. The van der Waals surface area contributed by atoms with Crippen molar-refractivity contribution in [1.82, 2.24) is 0 Å². The summed E-state index contributed by atoms with van der Waals surface area (Å²) in [7, 11) is 1.42. The Labute approximate surface area is 118 Å². The van der Waals surface area contributed by atoms with Crippen molar-refractivity contribution in [3.63, 3.8) is 0 Å². The SMILES string of the molecule is COc1ccc(F)c(Nc2ccc(C(F)(F)F)cc2N)c1. The molecule has 0 saturated heterocycles. The Bertz CT molecular complexity index is 656. The van der Waals surface area contributed by atoms with Gasteiger partial charge in [-0.1, -0.05) is 0 Å². The number of halogens is 4. The number of rotatable bonds is 3. The summed E-state index contributed by atoms with van der Waals surface area (Å²) in [5.41, 5.74) is 4.81. The molecule has 2 rings (SSSR count). The zero-order valence-corrected chi connectivity index (χ0v) is 11.0. The van der Waals surface area contributed by atoms with Gasteiger partial charge in [-0.05, 0) is 30.3 Å². The van der Waals surface area contributed by atoms with Gasteiger partial charge in [-0.15, -0.1) is 0 Å². The summed E-state index contributed by atoms with van der Waals surface area (Å²) in [4.78, 5) is 0. The van der Waals surface area contributed by atoms with Gasteiger partial charge in [0.2, 0.25) is 0 Å². The molecule has 0 spiro atoms. The lowest BCUT2D eigenvalue weighted by Gasteiger charge is -2.13. The van der Waals surface area contributed by atoms with Crippen molar-refractivity contribution in [3.8, 4) is 5.75 Å². The van der Waals surface area contributed by atoms with E-state index in [1.165, 1.54) is 25.3 Å². The van der Waals surface area contributed by atoms with Crippen molar-refractivity contribution in [2.75, 3.05) is 18.2 Å². The molecule has 3 nitrogen and oxygen atoms in total. The fraction of sp³-hybridized carbons (Fsp3) is 0.143. The third-order valence-electron chi connectivity index (χ3n) is 2.82. The molecule has 3 N–H and O–H groups in total. The lowest BCUT2D eigenvalue weighted by molar-refractivity contribution is -0.137. The van der Waals surface area contributed by atoms with Crippen molar-refractivity contribution in [2.24, 2.45) is 0 Å². The maximum Gasteiger partial charge on any atom is 0.416 e. The van der Waals surface area contributed by atoms with E-state index in [-0.39, 0.29) is 17.1 Å². The fourth-order valence-electron chi connectivity index (χ4n) is 1.73. The van der Waals surface area contributed by atoms with Crippen molar-refractivity contribution >= 4 is 17.1 Å². The van der Waals surface area contributed by atoms with Crippen LogP contribution >= 0.6 is 0 Å². The zero-order valence-electron chi connectivity index (χ0n) is 11.0. The first-order chi connectivity index (χ1) is 9.81. The van der Waals surface area contributed by atoms with E-state index >= 15 is 0 Å². The van der Waals surface area contributed by atoms with Crippen LogP contribution in [0.1, 0.15) is 5.56 Å². The number of hydrogen-bond donors (Lipinski definition) is 2. The zero-order chi connectivity index (χ0) is 15.6. The number of nitrogens with two attached hydrogens (primary N) is 1. The first kappa shape index (κ1) is 15.0. The molecule has 0 aliphatic carbocycles. The Morgan fingerprint density at radius 2 is 1.76 bits per heavy atom. The summed E-state index contributed by atoms with van der Waals surface area (Å²) < 4.78 is 56.2. The minimum absolute atomic E-state index is 0.0563. The molecule has 21 heavy (non-hydrogen) atoms. The number of alkyl halides is 3. The van der Waals surface area contributed by atoms with Gasteiger partial charge in [-0.2, -0.15) is 13.2 Å². The van der Waals surface area contributed by atoms with Gasteiger partial charge in [0.05, 0.1) is 29.7 Å². The maximum atomic E-state index is 13.7. The standard InChI is InChI=1S/C14H12F4N2O/c1-21-9-3-4-10(15)13(7-9)20-12-5-2-8(6-11(12)19)14(16,17)18/h2-7,20H,19H2,1H3. The molecule has 0 atom stereocenters. The third kappa shape index (κ3) is 3.36. The number of anilines is 3. The van der Waals surface area contributed by atoms with Crippen molar-refractivity contribution in [3.05, 3.63) is 47.8 Å². The minimum atomic E-state index is -4.48.